The molecule has 0 saturated carbocycles. The lowest BCUT2D eigenvalue weighted by Crippen LogP contribution is -2.45. The van der Waals surface area contributed by atoms with Crippen LogP contribution in [0, 0.1) is 0 Å². The van der Waals surface area contributed by atoms with Gasteiger partial charge in [-0.25, -0.2) is 0 Å². The van der Waals surface area contributed by atoms with Gasteiger partial charge in [0.15, 0.2) is 0 Å². The van der Waals surface area contributed by atoms with Crippen molar-refractivity contribution >= 4 is 8.56 Å². The smallest absolute Gasteiger partial charge is 0.457 e. The quantitative estimate of drug-likeness (QED) is 0.379. The van der Waals surface area contributed by atoms with Gasteiger partial charge in [-0.15, -0.1) is 0 Å². The Morgan fingerprint density at radius 3 is 1.86 bits per heavy atom. The van der Waals surface area contributed by atoms with Crippen molar-refractivity contribution in [2.45, 2.75) is 19.0 Å². The fraction of sp³-hybridized carbons (Fsp3) is 0.222. The minimum atomic E-state index is -2.40. The van der Waals surface area contributed by atoms with Crippen LogP contribution >= 0.6 is 0 Å². The summed E-state index contributed by atoms with van der Waals surface area (Å²) in [5.41, 5.74) is 0. The maximum atomic E-state index is 6.22. The Kier molecular flexibility index (Phi) is 6.09. The topological polar surface area (TPSA) is 27.7 Å². The van der Waals surface area contributed by atoms with E-state index in [1.54, 1.807) is 0 Å². The zero-order valence-electron chi connectivity index (χ0n) is 12.9. The van der Waals surface area contributed by atoms with Gasteiger partial charge >= 0.3 is 8.56 Å². The second-order valence-corrected chi connectivity index (χ2v) is 8.28. The van der Waals surface area contributed by atoms with E-state index >= 15 is 0 Å². The van der Waals surface area contributed by atoms with E-state index < -0.39 is 8.56 Å². The maximum Gasteiger partial charge on any atom is 0.457 e. The van der Waals surface area contributed by atoms with Crippen LogP contribution in [0.25, 0.3) is 0 Å². The Labute approximate surface area is 133 Å². The number of benzene rings is 2. The molecule has 4 heteroatoms. The van der Waals surface area contributed by atoms with E-state index in [2.05, 4.69) is 13.1 Å². The van der Waals surface area contributed by atoms with E-state index in [1.165, 1.54) is 6.26 Å². The van der Waals surface area contributed by atoms with E-state index in [0.717, 1.165) is 24.0 Å². The van der Waals surface area contributed by atoms with Gasteiger partial charge in [-0.1, -0.05) is 43.0 Å². The first-order valence-electron chi connectivity index (χ1n) is 7.42. The molecular formula is C18H22O3Si. The minimum Gasteiger partial charge on any atom is -0.512 e. The molecule has 0 aliphatic carbocycles. The number of hydrogen-bond acceptors (Lipinski definition) is 3. The lowest BCUT2D eigenvalue weighted by atomic mass is 10.3. The molecule has 0 aromatic heterocycles. The van der Waals surface area contributed by atoms with Crippen LogP contribution in [-0.4, -0.2) is 15.2 Å². The van der Waals surface area contributed by atoms with Crippen molar-refractivity contribution in [3.05, 3.63) is 73.5 Å². The van der Waals surface area contributed by atoms with Crippen molar-refractivity contribution in [1.82, 2.24) is 0 Å². The van der Waals surface area contributed by atoms with Gasteiger partial charge < -0.3 is 13.6 Å². The molecular weight excluding hydrogens is 292 g/mol. The third-order valence-corrected chi connectivity index (χ3v) is 5.76. The van der Waals surface area contributed by atoms with Crippen LogP contribution in [0.2, 0.25) is 12.6 Å². The van der Waals surface area contributed by atoms with E-state index in [0.29, 0.717) is 6.61 Å². The van der Waals surface area contributed by atoms with Crippen molar-refractivity contribution < 1.29 is 13.6 Å². The Morgan fingerprint density at radius 1 is 0.909 bits per heavy atom. The average molecular weight is 314 g/mol. The average Bonchev–Trinajstić information content (AvgIpc) is 2.53. The maximum absolute atomic E-state index is 6.22. The molecule has 0 fully saturated rings. The van der Waals surface area contributed by atoms with Crippen LogP contribution in [0.1, 0.15) is 6.42 Å². The van der Waals surface area contributed by atoms with Gasteiger partial charge in [0, 0.05) is 12.6 Å². The summed E-state index contributed by atoms with van der Waals surface area (Å²) >= 11 is 0. The van der Waals surface area contributed by atoms with Crippen LogP contribution in [-0.2, 0) is 4.74 Å². The summed E-state index contributed by atoms with van der Waals surface area (Å²) in [6.07, 6.45) is 2.34. The molecule has 0 aliphatic rings. The summed E-state index contributed by atoms with van der Waals surface area (Å²) in [4.78, 5) is 0. The highest BCUT2D eigenvalue weighted by molar-refractivity contribution is 6.67. The largest absolute Gasteiger partial charge is 0.512 e. The first-order chi connectivity index (χ1) is 10.7. The van der Waals surface area contributed by atoms with E-state index in [-0.39, 0.29) is 0 Å². The summed E-state index contributed by atoms with van der Waals surface area (Å²) in [5, 5.41) is 0. The molecule has 0 heterocycles. The Hall–Kier alpha value is -2.20. The number of hydrogen-bond donors (Lipinski definition) is 0. The number of para-hydroxylation sites is 2. The first-order valence-corrected chi connectivity index (χ1v) is 9.95. The molecule has 0 radical (unpaired) electrons. The van der Waals surface area contributed by atoms with Gasteiger partial charge in [-0.2, -0.15) is 0 Å². The molecule has 0 amide bonds. The summed E-state index contributed by atoms with van der Waals surface area (Å²) in [6.45, 7) is 6.27. The van der Waals surface area contributed by atoms with E-state index in [4.69, 9.17) is 13.6 Å². The molecule has 2 aromatic rings. The normalized spacial score (nSPS) is 10.8. The van der Waals surface area contributed by atoms with Crippen LogP contribution in [0.3, 0.4) is 0 Å². The predicted molar refractivity (Wildman–Crippen MR) is 91.3 cm³/mol. The molecule has 0 atom stereocenters. The fourth-order valence-corrected chi connectivity index (χ4v) is 4.46. The lowest BCUT2D eigenvalue weighted by Gasteiger charge is -2.28. The van der Waals surface area contributed by atoms with Gasteiger partial charge in [0.2, 0.25) is 0 Å². The highest BCUT2D eigenvalue weighted by atomic mass is 28.4. The molecule has 0 saturated heterocycles. The molecule has 2 rings (SSSR count). The highest BCUT2D eigenvalue weighted by Crippen LogP contribution is 2.24. The molecule has 0 bridgehead atoms. The molecule has 0 unspecified atom stereocenters. The second kappa shape index (κ2) is 8.29. The predicted octanol–water partition coefficient (Wildman–Crippen LogP) is 4.77. The number of rotatable bonds is 9. The molecule has 0 N–H and O–H groups in total. The van der Waals surface area contributed by atoms with Gasteiger partial charge in [0.1, 0.15) is 11.5 Å². The lowest BCUT2D eigenvalue weighted by molar-refractivity contribution is 0.246. The van der Waals surface area contributed by atoms with Gasteiger partial charge in [-0.3, -0.25) is 0 Å². The summed E-state index contributed by atoms with van der Waals surface area (Å²) < 4.78 is 17.6. The van der Waals surface area contributed by atoms with E-state index in [1.807, 2.05) is 60.7 Å². The minimum absolute atomic E-state index is 0.627. The van der Waals surface area contributed by atoms with Crippen molar-refractivity contribution in [2.24, 2.45) is 0 Å². The fourth-order valence-electron chi connectivity index (χ4n) is 2.16. The van der Waals surface area contributed by atoms with Crippen molar-refractivity contribution in [3.8, 4) is 11.5 Å². The van der Waals surface area contributed by atoms with Crippen LogP contribution in [0.5, 0.6) is 11.5 Å². The van der Waals surface area contributed by atoms with Crippen LogP contribution in [0.4, 0.5) is 0 Å². The molecule has 3 nitrogen and oxygen atoms in total. The Morgan fingerprint density at radius 2 is 1.41 bits per heavy atom. The first kappa shape index (κ1) is 16.2. The van der Waals surface area contributed by atoms with Gasteiger partial charge in [0.05, 0.1) is 12.9 Å². The summed E-state index contributed by atoms with van der Waals surface area (Å²) in [6, 6.07) is 20.5. The van der Waals surface area contributed by atoms with Crippen molar-refractivity contribution in [2.75, 3.05) is 6.61 Å². The van der Waals surface area contributed by atoms with Crippen LogP contribution in [0.15, 0.2) is 73.5 Å². The second-order valence-electron chi connectivity index (χ2n) is 5.11. The Bertz CT molecular complexity index is 516. The zero-order chi connectivity index (χ0) is 15.7. The standard InChI is InChI=1S/C18H22O3Si/c1-3-19-15-10-16-22(2,20-17-11-6-4-7-12-17)21-18-13-8-5-9-14-18/h3-9,11-14H,1,10,15-16H2,2H3. The SMILES string of the molecule is C=COCCC[Si](C)(Oc1ccccc1)Oc1ccccc1. The van der Waals surface area contributed by atoms with Crippen molar-refractivity contribution in [3.63, 3.8) is 0 Å². The zero-order valence-corrected chi connectivity index (χ0v) is 13.9. The summed E-state index contributed by atoms with van der Waals surface area (Å²) in [5.74, 6) is 1.69. The Balaban J connectivity index is 2.06. The molecule has 116 valence electrons. The molecule has 2 aromatic carbocycles. The molecule has 0 spiro atoms. The molecule has 0 aliphatic heterocycles. The van der Waals surface area contributed by atoms with E-state index in [9.17, 15) is 0 Å². The highest BCUT2D eigenvalue weighted by Gasteiger charge is 2.35. The third kappa shape index (κ3) is 5.29. The van der Waals surface area contributed by atoms with Crippen molar-refractivity contribution in [1.29, 1.82) is 0 Å². The summed E-state index contributed by atoms with van der Waals surface area (Å²) in [7, 11) is -2.40. The molecule has 22 heavy (non-hydrogen) atoms. The van der Waals surface area contributed by atoms with Gasteiger partial charge in [0.25, 0.3) is 0 Å². The monoisotopic (exact) mass is 314 g/mol. The van der Waals surface area contributed by atoms with Crippen LogP contribution < -0.4 is 8.85 Å². The number of ether oxygens (including phenoxy) is 1. The third-order valence-electron chi connectivity index (χ3n) is 3.16. The van der Waals surface area contributed by atoms with Gasteiger partial charge in [-0.05, 0) is 30.7 Å².